The standard InChI is InChI=1S/C18H12N2O3S2/c1-10-6-7-11(20(22)23)8-13(10)19-18(21)16-9-15-17(25-16)12-4-2-3-5-14(12)24-15/h2-9H,1H3,(H,19,21). The lowest BCUT2D eigenvalue weighted by molar-refractivity contribution is -0.384. The molecule has 2 aromatic carbocycles. The number of nitro groups is 1. The zero-order valence-electron chi connectivity index (χ0n) is 13.1. The Bertz CT molecular complexity index is 1140. The smallest absolute Gasteiger partial charge is 0.271 e. The van der Waals surface area contributed by atoms with Gasteiger partial charge in [0, 0.05) is 26.9 Å². The number of amides is 1. The maximum absolute atomic E-state index is 12.6. The Balaban J connectivity index is 1.68. The Hall–Kier alpha value is -2.77. The average Bonchev–Trinajstić information content (AvgIpc) is 3.14. The third-order valence-corrected chi connectivity index (χ3v) is 6.37. The molecule has 0 radical (unpaired) electrons. The van der Waals surface area contributed by atoms with E-state index in [1.165, 1.54) is 28.2 Å². The Morgan fingerprint density at radius 3 is 2.68 bits per heavy atom. The van der Waals surface area contributed by atoms with Gasteiger partial charge >= 0.3 is 0 Å². The Labute approximate surface area is 150 Å². The molecule has 1 N–H and O–H groups in total. The first kappa shape index (κ1) is 15.7. The summed E-state index contributed by atoms with van der Waals surface area (Å²) in [6.45, 7) is 1.81. The number of benzene rings is 2. The minimum atomic E-state index is -0.470. The topological polar surface area (TPSA) is 72.2 Å². The van der Waals surface area contributed by atoms with Crippen LogP contribution in [0.1, 0.15) is 15.2 Å². The third kappa shape index (κ3) is 2.77. The number of fused-ring (bicyclic) bond motifs is 3. The minimum absolute atomic E-state index is 0.0425. The SMILES string of the molecule is Cc1ccc([N+](=O)[O-])cc1NC(=O)c1cc2sc3ccccc3c2s1. The molecule has 0 fully saturated rings. The van der Waals surface area contributed by atoms with Gasteiger partial charge in [-0.1, -0.05) is 24.3 Å². The number of thiophene rings is 2. The maximum atomic E-state index is 12.6. The summed E-state index contributed by atoms with van der Waals surface area (Å²) in [5, 5.41) is 14.9. The van der Waals surface area contributed by atoms with Gasteiger partial charge in [-0.3, -0.25) is 14.9 Å². The largest absolute Gasteiger partial charge is 0.321 e. The molecule has 0 saturated carbocycles. The predicted molar refractivity (Wildman–Crippen MR) is 103 cm³/mol. The fourth-order valence-corrected chi connectivity index (χ4v) is 5.07. The van der Waals surface area contributed by atoms with E-state index < -0.39 is 4.92 Å². The molecule has 0 spiro atoms. The molecule has 0 saturated heterocycles. The van der Waals surface area contributed by atoms with Crippen LogP contribution in [0.5, 0.6) is 0 Å². The molecule has 0 atom stereocenters. The Morgan fingerprint density at radius 1 is 1.08 bits per heavy atom. The Kier molecular flexibility index (Phi) is 3.74. The van der Waals surface area contributed by atoms with Gasteiger partial charge < -0.3 is 5.32 Å². The molecule has 0 aliphatic heterocycles. The van der Waals surface area contributed by atoms with Gasteiger partial charge in [-0.2, -0.15) is 0 Å². The zero-order valence-corrected chi connectivity index (χ0v) is 14.7. The van der Waals surface area contributed by atoms with Crippen molar-refractivity contribution in [3.63, 3.8) is 0 Å². The summed E-state index contributed by atoms with van der Waals surface area (Å²) < 4.78 is 3.37. The first-order valence-corrected chi connectivity index (χ1v) is 9.14. The molecule has 0 unspecified atom stereocenters. The summed E-state index contributed by atoms with van der Waals surface area (Å²) in [6, 6.07) is 14.4. The average molecular weight is 368 g/mol. The van der Waals surface area contributed by atoms with Crippen molar-refractivity contribution in [2.45, 2.75) is 6.92 Å². The van der Waals surface area contributed by atoms with E-state index in [1.807, 2.05) is 18.2 Å². The van der Waals surface area contributed by atoms with Crippen LogP contribution in [0.25, 0.3) is 19.5 Å². The molecule has 0 aliphatic carbocycles. The number of hydrogen-bond acceptors (Lipinski definition) is 5. The molecule has 7 heteroatoms. The number of nitrogens with zero attached hydrogens (tertiary/aromatic N) is 1. The number of nitro benzene ring substituents is 1. The van der Waals surface area contributed by atoms with E-state index in [9.17, 15) is 14.9 Å². The first-order chi connectivity index (χ1) is 12.0. The van der Waals surface area contributed by atoms with Crippen molar-refractivity contribution in [2.75, 3.05) is 5.32 Å². The van der Waals surface area contributed by atoms with Crippen LogP contribution in [0.15, 0.2) is 48.5 Å². The van der Waals surface area contributed by atoms with Crippen LogP contribution in [-0.4, -0.2) is 10.8 Å². The summed E-state index contributed by atoms with van der Waals surface area (Å²) in [7, 11) is 0. The lowest BCUT2D eigenvalue weighted by atomic mass is 10.2. The monoisotopic (exact) mass is 368 g/mol. The van der Waals surface area contributed by atoms with E-state index >= 15 is 0 Å². The van der Waals surface area contributed by atoms with Gasteiger partial charge in [0.1, 0.15) is 0 Å². The second-order valence-corrected chi connectivity index (χ2v) is 7.75. The fraction of sp³-hybridized carbons (Fsp3) is 0.0556. The van der Waals surface area contributed by atoms with E-state index in [-0.39, 0.29) is 11.6 Å². The number of aryl methyl sites for hydroxylation is 1. The van der Waals surface area contributed by atoms with E-state index in [2.05, 4.69) is 17.4 Å². The number of rotatable bonds is 3. The molecule has 4 aromatic rings. The van der Waals surface area contributed by atoms with Gasteiger partial charge in [-0.05, 0) is 24.6 Å². The van der Waals surface area contributed by atoms with Crippen LogP contribution < -0.4 is 5.32 Å². The highest BCUT2D eigenvalue weighted by Gasteiger charge is 2.16. The quantitative estimate of drug-likeness (QED) is 0.379. The molecule has 4 rings (SSSR count). The predicted octanol–water partition coefficient (Wildman–Crippen LogP) is 5.58. The van der Waals surface area contributed by atoms with Crippen molar-refractivity contribution < 1.29 is 9.72 Å². The molecular formula is C18H12N2O3S2. The minimum Gasteiger partial charge on any atom is -0.321 e. The van der Waals surface area contributed by atoms with Crippen molar-refractivity contribution >= 4 is 59.4 Å². The number of carbonyl (C=O) groups excluding carboxylic acids is 1. The summed E-state index contributed by atoms with van der Waals surface area (Å²) in [5.74, 6) is -0.249. The van der Waals surface area contributed by atoms with E-state index in [4.69, 9.17) is 0 Å². The number of nitrogens with one attached hydrogen (secondary N) is 1. The normalized spacial score (nSPS) is 11.1. The van der Waals surface area contributed by atoms with Crippen molar-refractivity contribution in [1.29, 1.82) is 0 Å². The molecule has 25 heavy (non-hydrogen) atoms. The van der Waals surface area contributed by atoms with Gasteiger partial charge in [0.05, 0.1) is 20.2 Å². The number of anilines is 1. The zero-order chi connectivity index (χ0) is 17.6. The van der Waals surface area contributed by atoms with Crippen molar-refractivity contribution in [2.24, 2.45) is 0 Å². The number of hydrogen-bond donors (Lipinski definition) is 1. The van der Waals surface area contributed by atoms with Crippen LogP contribution in [0.4, 0.5) is 11.4 Å². The van der Waals surface area contributed by atoms with Gasteiger partial charge in [0.2, 0.25) is 0 Å². The van der Waals surface area contributed by atoms with E-state index in [0.29, 0.717) is 10.6 Å². The van der Waals surface area contributed by atoms with Crippen LogP contribution >= 0.6 is 22.7 Å². The second-order valence-electron chi connectivity index (χ2n) is 5.61. The highest BCUT2D eigenvalue weighted by molar-refractivity contribution is 7.33. The van der Waals surface area contributed by atoms with E-state index in [1.54, 1.807) is 24.3 Å². The lowest BCUT2D eigenvalue weighted by Gasteiger charge is -2.07. The third-order valence-electron chi connectivity index (χ3n) is 3.95. The van der Waals surface area contributed by atoms with Gasteiger partial charge in [0.15, 0.2) is 0 Å². The molecule has 124 valence electrons. The second kappa shape index (κ2) is 5.94. The lowest BCUT2D eigenvalue weighted by Crippen LogP contribution is -2.11. The number of non-ortho nitro benzene ring substituents is 1. The van der Waals surface area contributed by atoms with Crippen LogP contribution in [-0.2, 0) is 0 Å². The van der Waals surface area contributed by atoms with Crippen molar-refractivity contribution in [3.05, 3.63) is 69.1 Å². The van der Waals surface area contributed by atoms with Crippen molar-refractivity contribution in [3.8, 4) is 0 Å². The Morgan fingerprint density at radius 2 is 1.88 bits per heavy atom. The molecule has 0 aliphatic rings. The first-order valence-electron chi connectivity index (χ1n) is 7.50. The molecule has 0 bridgehead atoms. The molecular weight excluding hydrogens is 356 g/mol. The van der Waals surface area contributed by atoms with Crippen LogP contribution in [0.2, 0.25) is 0 Å². The molecule has 1 amide bonds. The van der Waals surface area contributed by atoms with Gasteiger partial charge in [0.25, 0.3) is 11.6 Å². The molecule has 5 nitrogen and oxygen atoms in total. The maximum Gasteiger partial charge on any atom is 0.271 e. The highest BCUT2D eigenvalue weighted by Crippen LogP contribution is 2.39. The number of carbonyl (C=O) groups is 1. The van der Waals surface area contributed by atoms with Crippen LogP contribution in [0, 0.1) is 17.0 Å². The highest BCUT2D eigenvalue weighted by atomic mass is 32.1. The van der Waals surface area contributed by atoms with Gasteiger partial charge in [-0.15, -0.1) is 22.7 Å². The summed E-state index contributed by atoms with van der Waals surface area (Å²) in [4.78, 5) is 23.6. The van der Waals surface area contributed by atoms with Crippen molar-refractivity contribution in [1.82, 2.24) is 0 Å². The summed E-state index contributed by atoms with van der Waals surface area (Å²) in [6.07, 6.45) is 0. The summed E-state index contributed by atoms with van der Waals surface area (Å²) in [5.41, 5.74) is 1.20. The van der Waals surface area contributed by atoms with E-state index in [0.717, 1.165) is 20.3 Å². The van der Waals surface area contributed by atoms with Crippen LogP contribution in [0.3, 0.4) is 0 Å². The van der Waals surface area contributed by atoms with Gasteiger partial charge in [-0.25, -0.2) is 0 Å². The fourth-order valence-electron chi connectivity index (χ4n) is 2.65. The molecule has 2 heterocycles. The summed E-state index contributed by atoms with van der Waals surface area (Å²) >= 11 is 3.10. The molecule has 2 aromatic heterocycles.